The Bertz CT molecular complexity index is 375. The van der Waals surface area contributed by atoms with Crippen molar-refractivity contribution in [3.63, 3.8) is 0 Å². The summed E-state index contributed by atoms with van der Waals surface area (Å²) in [5.74, 6) is 6.58. The maximum Gasteiger partial charge on any atom is 0.00170 e. The van der Waals surface area contributed by atoms with Crippen LogP contribution in [0.3, 0.4) is 0 Å². The van der Waals surface area contributed by atoms with Crippen LogP contribution in [-0.4, -0.2) is 5.25 Å². The van der Waals surface area contributed by atoms with E-state index in [1.54, 1.807) is 64.2 Å². The van der Waals surface area contributed by atoms with Gasteiger partial charge in [0.2, 0.25) is 0 Å². The molecule has 0 radical (unpaired) electrons. The minimum Gasteiger partial charge on any atom is -0.176 e. The van der Waals surface area contributed by atoms with Crippen LogP contribution in [-0.2, 0) is 0 Å². The third kappa shape index (κ3) is 4.80. The highest BCUT2D eigenvalue weighted by atomic mass is 32.1. The van der Waals surface area contributed by atoms with E-state index in [0.717, 1.165) is 35.5 Å². The van der Waals surface area contributed by atoms with E-state index in [1.165, 1.54) is 44.9 Å². The van der Waals surface area contributed by atoms with Gasteiger partial charge in [-0.2, -0.15) is 12.6 Å². The Morgan fingerprint density at radius 3 is 0.960 bits per heavy atom. The van der Waals surface area contributed by atoms with Gasteiger partial charge in [0.25, 0.3) is 0 Å². The first kappa shape index (κ1) is 18.7. The lowest BCUT2D eigenvalue weighted by Gasteiger charge is -2.42. The molecule has 4 fully saturated rings. The summed E-state index contributed by atoms with van der Waals surface area (Å²) in [5, 5.41) is 0.715. The molecule has 144 valence electrons. The molecule has 0 aromatic rings. The van der Waals surface area contributed by atoms with Gasteiger partial charge >= 0.3 is 0 Å². The van der Waals surface area contributed by atoms with E-state index in [0.29, 0.717) is 5.25 Å². The predicted molar refractivity (Wildman–Crippen MR) is 112 cm³/mol. The number of hydrogen-bond acceptors (Lipinski definition) is 1. The molecular formula is C24H42S. The molecule has 4 rings (SSSR count). The third-order valence-corrected chi connectivity index (χ3v) is 9.54. The van der Waals surface area contributed by atoms with Gasteiger partial charge in [0.15, 0.2) is 0 Å². The summed E-state index contributed by atoms with van der Waals surface area (Å²) in [5.41, 5.74) is 0. The maximum absolute atomic E-state index is 4.69. The smallest absolute Gasteiger partial charge is 0.00170 e. The molecule has 4 aliphatic carbocycles. The molecule has 0 N–H and O–H groups in total. The summed E-state index contributed by atoms with van der Waals surface area (Å²) in [6, 6.07) is 0. The van der Waals surface area contributed by atoms with Gasteiger partial charge in [-0.3, -0.25) is 0 Å². The molecule has 4 saturated carbocycles. The highest BCUT2D eigenvalue weighted by Gasteiger charge is 2.35. The molecule has 0 spiro atoms. The summed E-state index contributed by atoms with van der Waals surface area (Å²) in [7, 11) is 0. The SMILES string of the molecule is SC1CCC(C2CCC(C3CCC(C4CCCCC4)CC3)CC2)CC1. The van der Waals surface area contributed by atoms with Crippen LogP contribution in [0.1, 0.15) is 109 Å². The molecule has 0 bridgehead atoms. The average molecular weight is 363 g/mol. The quantitative estimate of drug-likeness (QED) is 0.489. The Morgan fingerprint density at radius 1 is 0.320 bits per heavy atom. The maximum atomic E-state index is 4.69. The Balaban J connectivity index is 1.18. The molecule has 0 aromatic heterocycles. The molecule has 0 unspecified atom stereocenters. The van der Waals surface area contributed by atoms with Crippen LogP contribution >= 0.6 is 12.6 Å². The topological polar surface area (TPSA) is 0 Å². The van der Waals surface area contributed by atoms with Gasteiger partial charge in [-0.25, -0.2) is 0 Å². The first-order chi connectivity index (χ1) is 12.3. The van der Waals surface area contributed by atoms with Crippen molar-refractivity contribution in [2.45, 2.75) is 114 Å². The van der Waals surface area contributed by atoms with Crippen molar-refractivity contribution in [1.82, 2.24) is 0 Å². The standard InChI is InChI=1S/C24H42S/c25-24-16-14-23(15-17-24)22-12-10-21(11-13-22)20-8-6-19(7-9-20)18-4-2-1-3-5-18/h18-25H,1-17H2. The van der Waals surface area contributed by atoms with Crippen LogP contribution < -0.4 is 0 Å². The highest BCUT2D eigenvalue weighted by Crippen LogP contribution is 2.47. The van der Waals surface area contributed by atoms with Crippen molar-refractivity contribution < 1.29 is 0 Å². The zero-order valence-electron chi connectivity index (χ0n) is 16.5. The van der Waals surface area contributed by atoms with Crippen LogP contribution in [0, 0.1) is 35.5 Å². The van der Waals surface area contributed by atoms with E-state index in [1.807, 2.05) is 0 Å². The fraction of sp³-hybridized carbons (Fsp3) is 1.00. The predicted octanol–water partition coefficient (Wildman–Crippen LogP) is 7.67. The molecule has 4 aliphatic rings. The molecular weight excluding hydrogens is 320 g/mol. The molecule has 1 heteroatoms. The van der Waals surface area contributed by atoms with Gasteiger partial charge < -0.3 is 0 Å². The van der Waals surface area contributed by atoms with Crippen LogP contribution in [0.25, 0.3) is 0 Å². The van der Waals surface area contributed by atoms with Crippen molar-refractivity contribution in [3.8, 4) is 0 Å². The number of rotatable bonds is 3. The van der Waals surface area contributed by atoms with E-state index >= 15 is 0 Å². The Hall–Kier alpha value is 0.350. The zero-order chi connectivity index (χ0) is 17.1. The van der Waals surface area contributed by atoms with E-state index in [-0.39, 0.29) is 0 Å². The summed E-state index contributed by atoms with van der Waals surface area (Å²) >= 11 is 4.69. The molecule has 0 heterocycles. The lowest BCUT2D eigenvalue weighted by Crippen LogP contribution is -2.31. The van der Waals surface area contributed by atoms with Gasteiger partial charge in [-0.05, 0) is 113 Å². The van der Waals surface area contributed by atoms with Crippen molar-refractivity contribution in [2.24, 2.45) is 35.5 Å². The van der Waals surface area contributed by atoms with E-state index < -0.39 is 0 Å². The first-order valence-corrected chi connectivity index (χ1v) is 12.5. The third-order valence-electron chi connectivity index (χ3n) is 9.02. The highest BCUT2D eigenvalue weighted by molar-refractivity contribution is 7.80. The average Bonchev–Trinajstić information content (AvgIpc) is 2.70. The van der Waals surface area contributed by atoms with Crippen molar-refractivity contribution >= 4 is 12.6 Å². The fourth-order valence-electron chi connectivity index (χ4n) is 7.35. The zero-order valence-corrected chi connectivity index (χ0v) is 17.4. The number of thiol groups is 1. The van der Waals surface area contributed by atoms with Gasteiger partial charge in [-0.1, -0.05) is 32.1 Å². The molecule has 0 atom stereocenters. The molecule has 0 amide bonds. The normalized spacial score (nSPS) is 44.5. The monoisotopic (exact) mass is 362 g/mol. The van der Waals surface area contributed by atoms with Crippen LogP contribution in [0.4, 0.5) is 0 Å². The van der Waals surface area contributed by atoms with Gasteiger partial charge in [0.05, 0.1) is 0 Å². The van der Waals surface area contributed by atoms with E-state index in [4.69, 9.17) is 12.6 Å². The summed E-state index contributed by atoms with van der Waals surface area (Å²) in [4.78, 5) is 0. The van der Waals surface area contributed by atoms with E-state index in [9.17, 15) is 0 Å². The first-order valence-electron chi connectivity index (χ1n) is 12.0. The van der Waals surface area contributed by atoms with Crippen LogP contribution in [0.15, 0.2) is 0 Å². The molecule has 0 nitrogen and oxygen atoms in total. The molecule has 25 heavy (non-hydrogen) atoms. The van der Waals surface area contributed by atoms with Crippen molar-refractivity contribution in [3.05, 3.63) is 0 Å². The van der Waals surface area contributed by atoms with E-state index in [2.05, 4.69) is 0 Å². The van der Waals surface area contributed by atoms with Gasteiger partial charge in [0, 0.05) is 5.25 Å². The summed E-state index contributed by atoms with van der Waals surface area (Å²) < 4.78 is 0. The number of hydrogen-bond donors (Lipinski definition) is 1. The molecule has 0 aliphatic heterocycles. The summed E-state index contributed by atoms with van der Waals surface area (Å²) in [6.07, 6.45) is 26.1. The summed E-state index contributed by atoms with van der Waals surface area (Å²) in [6.45, 7) is 0. The van der Waals surface area contributed by atoms with Gasteiger partial charge in [-0.15, -0.1) is 0 Å². The lowest BCUT2D eigenvalue weighted by molar-refractivity contribution is 0.0950. The Kier molecular flexibility index (Phi) is 6.75. The lowest BCUT2D eigenvalue weighted by atomic mass is 9.64. The second-order valence-corrected chi connectivity index (χ2v) is 11.0. The van der Waals surface area contributed by atoms with Crippen LogP contribution in [0.2, 0.25) is 0 Å². The minimum atomic E-state index is 0.715. The second kappa shape index (κ2) is 9.03. The Labute approximate surface area is 162 Å². The van der Waals surface area contributed by atoms with Crippen molar-refractivity contribution in [2.75, 3.05) is 0 Å². The minimum absolute atomic E-state index is 0.715. The molecule has 0 aromatic carbocycles. The van der Waals surface area contributed by atoms with Crippen molar-refractivity contribution in [1.29, 1.82) is 0 Å². The Morgan fingerprint density at radius 2 is 0.600 bits per heavy atom. The molecule has 0 saturated heterocycles. The van der Waals surface area contributed by atoms with Gasteiger partial charge in [0.1, 0.15) is 0 Å². The largest absolute Gasteiger partial charge is 0.176 e. The second-order valence-electron chi connectivity index (χ2n) is 10.3. The fourth-order valence-corrected chi connectivity index (χ4v) is 7.65. The van der Waals surface area contributed by atoms with Crippen LogP contribution in [0.5, 0.6) is 0 Å².